The summed E-state index contributed by atoms with van der Waals surface area (Å²) in [6.07, 6.45) is 5.83. The summed E-state index contributed by atoms with van der Waals surface area (Å²) in [5, 5.41) is 8.48. The van der Waals surface area contributed by atoms with Gasteiger partial charge in [-0.1, -0.05) is 19.3 Å². The highest BCUT2D eigenvalue weighted by molar-refractivity contribution is 7.89. The van der Waals surface area contributed by atoms with E-state index in [0.717, 1.165) is 12.8 Å². The maximum absolute atomic E-state index is 11.8. The second-order valence-corrected chi connectivity index (χ2v) is 6.99. The molecular weight excluding hydrogens is 254 g/mol. The minimum Gasteiger partial charge on any atom is -0.481 e. The van der Waals surface area contributed by atoms with Crippen LogP contribution in [0.25, 0.3) is 0 Å². The molecule has 0 aromatic carbocycles. The van der Waals surface area contributed by atoms with Crippen LogP contribution in [0.15, 0.2) is 0 Å². The Hall–Kier alpha value is -0.620. The van der Waals surface area contributed by atoms with Crippen molar-refractivity contribution in [1.82, 2.24) is 4.72 Å². The molecular formula is C12H23NO4S. The topological polar surface area (TPSA) is 83.5 Å². The van der Waals surface area contributed by atoms with E-state index in [0.29, 0.717) is 5.92 Å². The van der Waals surface area contributed by atoms with Crippen molar-refractivity contribution in [1.29, 1.82) is 0 Å². The van der Waals surface area contributed by atoms with Crippen LogP contribution in [0.5, 0.6) is 0 Å². The summed E-state index contributed by atoms with van der Waals surface area (Å²) < 4.78 is 26.2. The maximum atomic E-state index is 11.8. The Bertz CT molecular complexity index is 360. The molecule has 0 aromatic heterocycles. The van der Waals surface area contributed by atoms with Gasteiger partial charge in [-0.15, -0.1) is 0 Å². The van der Waals surface area contributed by atoms with Crippen LogP contribution in [0.3, 0.4) is 0 Å². The molecule has 1 aliphatic rings. The maximum Gasteiger partial charge on any atom is 0.303 e. The first kappa shape index (κ1) is 15.4. The zero-order valence-corrected chi connectivity index (χ0v) is 11.7. The summed E-state index contributed by atoms with van der Waals surface area (Å²) in [7, 11) is -3.34. The molecule has 1 aliphatic carbocycles. The minimum atomic E-state index is -3.34. The Kier molecular flexibility index (Phi) is 6.08. The highest BCUT2D eigenvalue weighted by Gasteiger charge is 2.23. The smallest absolute Gasteiger partial charge is 0.303 e. The van der Waals surface area contributed by atoms with Gasteiger partial charge < -0.3 is 5.11 Å². The number of carboxylic acids is 1. The fraction of sp³-hybridized carbons (Fsp3) is 0.917. The summed E-state index contributed by atoms with van der Waals surface area (Å²) in [6, 6.07) is -0.0415. The van der Waals surface area contributed by atoms with Crippen LogP contribution >= 0.6 is 0 Å². The predicted molar refractivity (Wildman–Crippen MR) is 69.8 cm³/mol. The Labute approximate surface area is 109 Å². The van der Waals surface area contributed by atoms with Crippen molar-refractivity contribution in [3.05, 3.63) is 0 Å². The van der Waals surface area contributed by atoms with Gasteiger partial charge >= 0.3 is 5.97 Å². The lowest BCUT2D eigenvalue weighted by atomic mass is 9.85. The van der Waals surface area contributed by atoms with Crippen LogP contribution in [0.2, 0.25) is 0 Å². The number of sulfonamides is 1. The van der Waals surface area contributed by atoms with Crippen molar-refractivity contribution in [2.75, 3.05) is 5.75 Å². The SMILES string of the molecule is CC(NS(=O)(=O)CCCC(=O)O)C1CCCCC1. The highest BCUT2D eigenvalue weighted by Crippen LogP contribution is 2.26. The number of hydrogen-bond acceptors (Lipinski definition) is 3. The van der Waals surface area contributed by atoms with E-state index in [1.54, 1.807) is 0 Å². The third kappa shape index (κ3) is 5.82. The van der Waals surface area contributed by atoms with Crippen LogP contribution in [0, 0.1) is 5.92 Å². The molecule has 5 nitrogen and oxygen atoms in total. The molecule has 0 bridgehead atoms. The molecule has 1 atom stereocenters. The molecule has 6 heteroatoms. The standard InChI is InChI=1S/C12H23NO4S/c1-10(11-6-3-2-4-7-11)13-18(16,17)9-5-8-12(14)15/h10-11,13H,2-9H2,1H3,(H,14,15). The lowest BCUT2D eigenvalue weighted by molar-refractivity contribution is -0.137. The lowest BCUT2D eigenvalue weighted by Crippen LogP contribution is -2.40. The summed E-state index contributed by atoms with van der Waals surface area (Å²) in [5.74, 6) is -0.630. The molecule has 0 spiro atoms. The van der Waals surface area contributed by atoms with E-state index in [9.17, 15) is 13.2 Å². The van der Waals surface area contributed by atoms with E-state index in [4.69, 9.17) is 5.11 Å². The largest absolute Gasteiger partial charge is 0.481 e. The van der Waals surface area contributed by atoms with Gasteiger partial charge in [0.25, 0.3) is 0 Å². The number of hydrogen-bond donors (Lipinski definition) is 2. The second kappa shape index (κ2) is 7.09. The average molecular weight is 277 g/mol. The Morgan fingerprint density at radius 1 is 1.33 bits per heavy atom. The monoisotopic (exact) mass is 277 g/mol. The fourth-order valence-corrected chi connectivity index (χ4v) is 3.89. The van der Waals surface area contributed by atoms with Gasteiger partial charge in [-0.05, 0) is 32.1 Å². The Morgan fingerprint density at radius 2 is 1.94 bits per heavy atom. The molecule has 0 radical (unpaired) electrons. The first-order valence-corrected chi connectivity index (χ1v) is 8.28. The summed E-state index contributed by atoms with van der Waals surface area (Å²) in [6.45, 7) is 1.91. The van der Waals surface area contributed by atoms with Crippen LogP contribution in [-0.2, 0) is 14.8 Å². The third-order valence-corrected chi connectivity index (χ3v) is 5.08. The van der Waals surface area contributed by atoms with E-state index in [2.05, 4.69) is 4.72 Å². The van der Waals surface area contributed by atoms with Crippen LogP contribution in [-0.4, -0.2) is 31.3 Å². The number of carboxylic acid groups (broad SMARTS) is 1. The molecule has 106 valence electrons. The second-order valence-electron chi connectivity index (χ2n) is 5.12. The predicted octanol–water partition coefficient (Wildman–Crippen LogP) is 1.74. The first-order chi connectivity index (χ1) is 8.41. The van der Waals surface area contributed by atoms with Gasteiger partial charge in [0.1, 0.15) is 0 Å². The first-order valence-electron chi connectivity index (χ1n) is 6.62. The molecule has 1 rings (SSSR count). The minimum absolute atomic E-state index is 0.0415. The molecule has 2 N–H and O–H groups in total. The van der Waals surface area contributed by atoms with E-state index in [-0.39, 0.29) is 24.6 Å². The zero-order chi connectivity index (χ0) is 13.6. The van der Waals surface area contributed by atoms with Gasteiger partial charge in [-0.3, -0.25) is 4.79 Å². The summed E-state index contributed by atoms with van der Waals surface area (Å²) in [4.78, 5) is 10.3. The third-order valence-electron chi connectivity index (χ3n) is 3.53. The molecule has 1 fully saturated rings. The Balaban J connectivity index is 2.36. The molecule has 0 heterocycles. The average Bonchev–Trinajstić information content (AvgIpc) is 2.28. The fourth-order valence-electron chi connectivity index (χ4n) is 2.49. The molecule has 0 aromatic rings. The van der Waals surface area contributed by atoms with E-state index in [1.807, 2.05) is 6.92 Å². The number of aliphatic carboxylic acids is 1. The molecule has 1 saturated carbocycles. The number of carbonyl (C=O) groups is 1. The summed E-state index contributed by atoms with van der Waals surface area (Å²) in [5.41, 5.74) is 0. The molecule has 0 saturated heterocycles. The van der Waals surface area contributed by atoms with Crippen molar-refractivity contribution in [2.24, 2.45) is 5.92 Å². The van der Waals surface area contributed by atoms with Gasteiger partial charge in [-0.2, -0.15) is 0 Å². The highest BCUT2D eigenvalue weighted by atomic mass is 32.2. The van der Waals surface area contributed by atoms with Crippen molar-refractivity contribution >= 4 is 16.0 Å². The normalized spacial score (nSPS) is 19.6. The van der Waals surface area contributed by atoms with E-state index >= 15 is 0 Å². The quantitative estimate of drug-likeness (QED) is 0.742. The molecule has 0 aliphatic heterocycles. The van der Waals surface area contributed by atoms with E-state index < -0.39 is 16.0 Å². The van der Waals surface area contributed by atoms with Gasteiger partial charge in [-0.25, -0.2) is 13.1 Å². The zero-order valence-electron chi connectivity index (χ0n) is 10.9. The van der Waals surface area contributed by atoms with Crippen LogP contribution in [0.1, 0.15) is 51.9 Å². The van der Waals surface area contributed by atoms with Crippen molar-refractivity contribution < 1.29 is 18.3 Å². The van der Waals surface area contributed by atoms with Gasteiger partial charge in [0, 0.05) is 12.5 Å². The van der Waals surface area contributed by atoms with Crippen molar-refractivity contribution in [3.63, 3.8) is 0 Å². The van der Waals surface area contributed by atoms with Gasteiger partial charge in [0.05, 0.1) is 5.75 Å². The van der Waals surface area contributed by atoms with Crippen LogP contribution < -0.4 is 4.72 Å². The van der Waals surface area contributed by atoms with Gasteiger partial charge in [0.2, 0.25) is 10.0 Å². The van der Waals surface area contributed by atoms with Crippen molar-refractivity contribution in [2.45, 2.75) is 57.9 Å². The Morgan fingerprint density at radius 3 is 2.50 bits per heavy atom. The number of rotatable bonds is 7. The molecule has 0 amide bonds. The lowest BCUT2D eigenvalue weighted by Gasteiger charge is -2.28. The molecule has 1 unspecified atom stereocenters. The summed E-state index contributed by atoms with van der Waals surface area (Å²) >= 11 is 0. The van der Waals surface area contributed by atoms with Gasteiger partial charge in [0.15, 0.2) is 0 Å². The van der Waals surface area contributed by atoms with E-state index in [1.165, 1.54) is 19.3 Å². The van der Waals surface area contributed by atoms with Crippen molar-refractivity contribution in [3.8, 4) is 0 Å². The van der Waals surface area contributed by atoms with Crippen LogP contribution in [0.4, 0.5) is 0 Å². The molecule has 18 heavy (non-hydrogen) atoms. The number of nitrogens with one attached hydrogen (secondary N) is 1.